The van der Waals surface area contributed by atoms with Crippen LogP contribution >= 0.6 is 0 Å². The fraction of sp³-hybridized carbons (Fsp3) is 0.273. The minimum absolute atomic E-state index is 0.357. The van der Waals surface area contributed by atoms with Gasteiger partial charge in [0.1, 0.15) is 24.7 Å². The number of nitrogens with zero attached hydrogens (tertiary/aromatic N) is 1. The molecule has 15 heavy (non-hydrogen) atoms. The Kier molecular flexibility index (Phi) is 4.32. The van der Waals surface area contributed by atoms with Crippen molar-refractivity contribution in [2.75, 3.05) is 20.3 Å². The van der Waals surface area contributed by atoms with Crippen molar-refractivity contribution in [2.24, 2.45) is 0 Å². The molecule has 0 saturated heterocycles. The summed E-state index contributed by atoms with van der Waals surface area (Å²) in [5, 5.41) is 8.82. The van der Waals surface area contributed by atoms with Crippen molar-refractivity contribution >= 4 is 6.29 Å². The van der Waals surface area contributed by atoms with E-state index in [4.69, 9.17) is 14.7 Å². The molecule has 0 atom stereocenters. The number of hydrogen-bond acceptors (Lipinski definition) is 4. The average Bonchev–Trinajstić information content (AvgIpc) is 2.29. The zero-order valence-electron chi connectivity index (χ0n) is 8.40. The van der Waals surface area contributed by atoms with Crippen LogP contribution in [0.4, 0.5) is 0 Å². The van der Waals surface area contributed by atoms with E-state index >= 15 is 0 Å². The first-order chi connectivity index (χ1) is 7.31. The minimum Gasteiger partial charge on any atom is -0.490 e. The molecule has 0 aliphatic carbocycles. The van der Waals surface area contributed by atoms with Crippen molar-refractivity contribution < 1.29 is 14.3 Å². The van der Waals surface area contributed by atoms with Gasteiger partial charge >= 0.3 is 0 Å². The molecule has 0 unspecified atom stereocenters. The molecule has 1 rings (SSSR count). The molecule has 0 aliphatic rings. The van der Waals surface area contributed by atoms with E-state index in [-0.39, 0.29) is 0 Å². The monoisotopic (exact) mass is 205 g/mol. The lowest BCUT2D eigenvalue weighted by atomic mass is 10.1. The third-order valence-corrected chi connectivity index (χ3v) is 1.81. The Balaban J connectivity index is 2.79. The van der Waals surface area contributed by atoms with Gasteiger partial charge < -0.3 is 9.47 Å². The maximum Gasteiger partial charge on any atom is 0.150 e. The summed E-state index contributed by atoms with van der Waals surface area (Å²) in [6.07, 6.45) is 0.694. The summed E-state index contributed by atoms with van der Waals surface area (Å²) in [4.78, 5) is 10.5. The zero-order chi connectivity index (χ0) is 11.1. The van der Waals surface area contributed by atoms with Gasteiger partial charge in [-0.15, -0.1) is 0 Å². The predicted molar refractivity (Wildman–Crippen MR) is 53.9 cm³/mol. The van der Waals surface area contributed by atoms with Crippen molar-refractivity contribution in [3.05, 3.63) is 29.3 Å². The number of ether oxygens (including phenoxy) is 2. The minimum atomic E-state index is 0.357. The van der Waals surface area contributed by atoms with Gasteiger partial charge in [-0.05, 0) is 18.2 Å². The summed E-state index contributed by atoms with van der Waals surface area (Å²) >= 11 is 0. The number of benzene rings is 1. The number of carbonyl (C=O) groups excluding carboxylic acids is 1. The van der Waals surface area contributed by atoms with Gasteiger partial charge in [0.2, 0.25) is 0 Å². The van der Waals surface area contributed by atoms with Gasteiger partial charge in [-0.1, -0.05) is 0 Å². The van der Waals surface area contributed by atoms with E-state index in [2.05, 4.69) is 0 Å². The van der Waals surface area contributed by atoms with Gasteiger partial charge in [0, 0.05) is 12.7 Å². The third kappa shape index (κ3) is 3.08. The highest BCUT2D eigenvalue weighted by Gasteiger charge is 2.03. The van der Waals surface area contributed by atoms with Crippen LogP contribution in [0.3, 0.4) is 0 Å². The molecule has 0 saturated carbocycles. The largest absolute Gasteiger partial charge is 0.490 e. The maximum absolute atomic E-state index is 10.5. The second-order valence-electron chi connectivity index (χ2n) is 2.83. The van der Waals surface area contributed by atoms with E-state index in [1.54, 1.807) is 19.2 Å². The third-order valence-electron chi connectivity index (χ3n) is 1.81. The highest BCUT2D eigenvalue weighted by Crippen LogP contribution is 2.18. The van der Waals surface area contributed by atoms with E-state index in [1.165, 1.54) is 6.07 Å². The number of hydrogen-bond donors (Lipinski definition) is 0. The van der Waals surface area contributed by atoms with Crippen LogP contribution in [0, 0.1) is 11.3 Å². The van der Waals surface area contributed by atoms with Crippen LogP contribution in [-0.2, 0) is 4.74 Å². The highest BCUT2D eigenvalue weighted by atomic mass is 16.5. The Hall–Kier alpha value is -1.86. The first kappa shape index (κ1) is 11.2. The smallest absolute Gasteiger partial charge is 0.150 e. The molecule has 78 valence electrons. The summed E-state index contributed by atoms with van der Waals surface area (Å²) < 4.78 is 10.1. The molecule has 0 fully saturated rings. The molecule has 1 aromatic rings. The van der Waals surface area contributed by atoms with Gasteiger partial charge in [0.05, 0.1) is 12.2 Å². The van der Waals surface area contributed by atoms with E-state index in [0.29, 0.717) is 36.4 Å². The maximum atomic E-state index is 10.5. The Morgan fingerprint density at radius 3 is 2.87 bits per heavy atom. The summed E-state index contributed by atoms with van der Waals surface area (Å²) in [5.41, 5.74) is 0.821. The van der Waals surface area contributed by atoms with Crippen molar-refractivity contribution in [2.45, 2.75) is 0 Å². The normalized spacial score (nSPS) is 9.33. The van der Waals surface area contributed by atoms with Gasteiger partial charge in [0.15, 0.2) is 0 Å². The summed E-state index contributed by atoms with van der Waals surface area (Å²) in [6, 6.07) is 6.68. The van der Waals surface area contributed by atoms with Crippen molar-refractivity contribution in [1.82, 2.24) is 0 Å². The number of methoxy groups -OCH3 is 1. The zero-order valence-corrected chi connectivity index (χ0v) is 8.40. The molecule has 0 radical (unpaired) electrons. The van der Waals surface area contributed by atoms with Crippen molar-refractivity contribution in [3.8, 4) is 11.8 Å². The number of nitriles is 1. The first-order valence-electron chi connectivity index (χ1n) is 4.43. The van der Waals surface area contributed by atoms with Gasteiger partial charge in [-0.25, -0.2) is 0 Å². The quantitative estimate of drug-likeness (QED) is 0.538. The van der Waals surface area contributed by atoms with Crippen LogP contribution in [0.15, 0.2) is 18.2 Å². The number of rotatable bonds is 5. The van der Waals surface area contributed by atoms with E-state index in [0.717, 1.165) is 0 Å². The van der Waals surface area contributed by atoms with Crippen LogP contribution in [0.2, 0.25) is 0 Å². The molecule has 0 aliphatic heterocycles. The lowest BCUT2D eigenvalue weighted by Crippen LogP contribution is -2.05. The van der Waals surface area contributed by atoms with Crippen LogP contribution in [0.25, 0.3) is 0 Å². The highest BCUT2D eigenvalue weighted by molar-refractivity contribution is 5.76. The molecular weight excluding hydrogens is 194 g/mol. The average molecular weight is 205 g/mol. The SMILES string of the molecule is COCCOc1ccc(C=O)cc1C#N. The van der Waals surface area contributed by atoms with Crippen LogP contribution in [-0.4, -0.2) is 26.6 Å². The molecule has 0 spiro atoms. The topological polar surface area (TPSA) is 59.3 Å². The van der Waals surface area contributed by atoms with Gasteiger partial charge in [-0.2, -0.15) is 5.26 Å². The number of aldehydes is 1. The van der Waals surface area contributed by atoms with Crippen LogP contribution < -0.4 is 4.74 Å². The standard InChI is InChI=1S/C11H11NO3/c1-14-4-5-15-11-3-2-9(8-13)6-10(11)7-12/h2-3,6,8H,4-5H2,1H3. The fourth-order valence-electron chi connectivity index (χ4n) is 1.07. The molecule has 4 nitrogen and oxygen atoms in total. The lowest BCUT2D eigenvalue weighted by Gasteiger charge is -2.07. The molecule has 0 heterocycles. The van der Waals surface area contributed by atoms with Gasteiger partial charge in [-0.3, -0.25) is 4.79 Å². The lowest BCUT2D eigenvalue weighted by molar-refractivity contribution is 0.112. The second-order valence-corrected chi connectivity index (χ2v) is 2.83. The van der Waals surface area contributed by atoms with Gasteiger partial charge in [0.25, 0.3) is 0 Å². The van der Waals surface area contributed by atoms with E-state index in [9.17, 15) is 4.79 Å². The van der Waals surface area contributed by atoms with Crippen molar-refractivity contribution in [1.29, 1.82) is 5.26 Å². The molecule has 0 bridgehead atoms. The second kappa shape index (κ2) is 5.78. The Morgan fingerprint density at radius 2 is 2.27 bits per heavy atom. The predicted octanol–water partition coefficient (Wildman–Crippen LogP) is 1.40. The molecule has 4 heteroatoms. The molecule has 0 amide bonds. The Morgan fingerprint density at radius 1 is 1.47 bits per heavy atom. The summed E-state index contributed by atoms with van der Waals surface area (Å²) in [5.74, 6) is 0.472. The van der Waals surface area contributed by atoms with E-state index in [1.807, 2.05) is 6.07 Å². The molecule has 1 aromatic carbocycles. The van der Waals surface area contributed by atoms with Crippen LogP contribution in [0.5, 0.6) is 5.75 Å². The molecular formula is C11H11NO3. The van der Waals surface area contributed by atoms with E-state index < -0.39 is 0 Å². The van der Waals surface area contributed by atoms with Crippen LogP contribution in [0.1, 0.15) is 15.9 Å². The Labute approximate surface area is 88.0 Å². The molecule has 0 aromatic heterocycles. The van der Waals surface area contributed by atoms with Crippen molar-refractivity contribution in [3.63, 3.8) is 0 Å². The molecule has 0 N–H and O–H groups in total. The summed E-state index contributed by atoms with van der Waals surface area (Å²) in [7, 11) is 1.57. The Bertz CT molecular complexity index is 382. The fourth-order valence-corrected chi connectivity index (χ4v) is 1.07. The summed E-state index contributed by atoms with van der Waals surface area (Å²) in [6.45, 7) is 0.839. The number of carbonyl (C=O) groups is 1. The first-order valence-corrected chi connectivity index (χ1v) is 4.43.